The maximum absolute atomic E-state index is 12.8. The summed E-state index contributed by atoms with van der Waals surface area (Å²) < 4.78 is 16.8. The number of hydrogen-bond acceptors (Lipinski definition) is 6. The van der Waals surface area contributed by atoms with E-state index in [-0.39, 0.29) is 31.1 Å². The van der Waals surface area contributed by atoms with Crippen molar-refractivity contribution in [2.75, 3.05) is 13.2 Å². The van der Waals surface area contributed by atoms with E-state index < -0.39 is 6.10 Å². The Morgan fingerprint density at radius 3 is 0.912 bits per heavy atom. The minimum atomic E-state index is -0.761. The van der Waals surface area contributed by atoms with Gasteiger partial charge in [-0.25, -0.2) is 0 Å². The number of unbranched alkanes of at least 4 members (excludes halogenated alkanes) is 28. The maximum Gasteiger partial charge on any atom is 0.306 e. The molecule has 0 fully saturated rings. The zero-order valence-electron chi connectivity index (χ0n) is 39.0. The maximum atomic E-state index is 12.8. The lowest BCUT2D eigenvalue weighted by Gasteiger charge is -2.18. The van der Waals surface area contributed by atoms with E-state index in [0.717, 1.165) is 69.6 Å². The van der Waals surface area contributed by atoms with Crippen molar-refractivity contribution >= 4 is 17.9 Å². The highest BCUT2D eigenvalue weighted by molar-refractivity contribution is 5.71. The normalized spacial score (nSPS) is 13.0. The summed E-state index contributed by atoms with van der Waals surface area (Å²) in [6, 6.07) is 0. The Morgan fingerprint density at radius 2 is 0.614 bits per heavy atom. The van der Waals surface area contributed by atoms with Crippen LogP contribution in [0.15, 0.2) is 0 Å². The summed E-state index contributed by atoms with van der Waals surface area (Å²) in [7, 11) is 0. The van der Waals surface area contributed by atoms with Gasteiger partial charge >= 0.3 is 17.9 Å². The lowest BCUT2D eigenvalue weighted by Crippen LogP contribution is -2.30. The largest absolute Gasteiger partial charge is 0.462 e. The van der Waals surface area contributed by atoms with Crippen LogP contribution in [0.1, 0.15) is 279 Å². The van der Waals surface area contributed by atoms with Gasteiger partial charge in [0, 0.05) is 19.3 Å². The smallest absolute Gasteiger partial charge is 0.306 e. The van der Waals surface area contributed by atoms with E-state index in [1.807, 2.05) is 0 Å². The summed E-state index contributed by atoms with van der Waals surface area (Å²) in [5, 5.41) is 0. The molecule has 0 aliphatic heterocycles. The SMILES string of the molecule is CCCCCCCCCCCCCC(=O)OC[C@H](COC(=O)CCCCCCCCCCCCC(C)CC)OC(=O)CCCCCCCCCCCCC(C)CC. The highest BCUT2D eigenvalue weighted by atomic mass is 16.6. The molecule has 0 saturated heterocycles. The fourth-order valence-electron chi connectivity index (χ4n) is 7.57. The molecule has 0 rings (SSSR count). The van der Waals surface area contributed by atoms with Crippen LogP contribution in [0, 0.1) is 11.8 Å². The van der Waals surface area contributed by atoms with Crippen molar-refractivity contribution in [1.29, 1.82) is 0 Å². The first-order valence-corrected chi connectivity index (χ1v) is 25.3. The predicted octanol–water partition coefficient (Wildman–Crippen LogP) is 16.1. The van der Waals surface area contributed by atoms with Gasteiger partial charge in [-0.05, 0) is 31.1 Å². The monoisotopic (exact) mass is 807 g/mol. The van der Waals surface area contributed by atoms with Gasteiger partial charge in [-0.2, -0.15) is 0 Å². The van der Waals surface area contributed by atoms with Crippen molar-refractivity contribution in [3.8, 4) is 0 Å². The van der Waals surface area contributed by atoms with Gasteiger partial charge in [0.25, 0.3) is 0 Å². The van der Waals surface area contributed by atoms with Crippen LogP contribution >= 0.6 is 0 Å². The van der Waals surface area contributed by atoms with Gasteiger partial charge in [-0.3, -0.25) is 14.4 Å². The van der Waals surface area contributed by atoms with E-state index in [4.69, 9.17) is 14.2 Å². The molecule has 0 aliphatic rings. The quantitative estimate of drug-likeness (QED) is 0.0346. The van der Waals surface area contributed by atoms with Crippen molar-refractivity contribution in [3.05, 3.63) is 0 Å². The Labute approximate surface area is 355 Å². The molecule has 6 heteroatoms. The number of rotatable bonds is 45. The average Bonchev–Trinajstić information content (AvgIpc) is 3.21. The third-order valence-corrected chi connectivity index (χ3v) is 12.2. The predicted molar refractivity (Wildman–Crippen MR) is 243 cm³/mol. The van der Waals surface area contributed by atoms with Crippen LogP contribution in [-0.4, -0.2) is 37.2 Å². The molecule has 3 atom stereocenters. The standard InChI is InChI=1S/C51H98O6/c1-6-9-10-11-12-13-14-21-26-31-36-41-49(52)55-44-48(57-51(54)43-38-33-28-23-18-16-20-25-30-35-40-47(5)8-3)45-56-50(53)42-37-32-27-22-17-15-19-24-29-34-39-46(4)7-2/h46-48H,6-45H2,1-5H3/t46?,47?,48-/m1/s1. The van der Waals surface area contributed by atoms with Gasteiger partial charge in [-0.1, -0.05) is 240 Å². The van der Waals surface area contributed by atoms with Crippen LogP contribution < -0.4 is 0 Å². The summed E-state index contributed by atoms with van der Waals surface area (Å²) in [5.41, 5.74) is 0. The summed E-state index contributed by atoms with van der Waals surface area (Å²) in [4.78, 5) is 37.9. The van der Waals surface area contributed by atoms with Crippen molar-refractivity contribution in [2.45, 2.75) is 285 Å². The first-order valence-electron chi connectivity index (χ1n) is 25.3. The molecule has 0 aromatic rings. The van der Waals surface area contributed by atoms with Gasteiger partial charge in [0.1, 0.15) is 13.2 Å². The third kappa shape index (κ3) is 42.3. The highest BCUT2D eigenvalue weighted by Crippen LogP contribution is 2.18. The van der Waals surface area contributed by atoms with Crippen LogP contribution in [-0.2, 0) is 28.6 Å². The topological polar surface area (TPSA) is 78.9 Å². The Bertz CT molecular complexity index is 874. The molecule has 338 valence electrons. The fraction of sp³-hybridized carbons (Fsp3) is 0.941. The fourth-order valence-corrected chi connectivity index (χ4v) is 7.57. The number of hydrogen-bond donors (Lipinski definition) is 0. The molecule has 0 N–H and O–H groups in total. The van der Waals surface area contributed by atoms with E-state index in [9.17, 15) is 14.4 Å². The average molecular weight is 807 g/mol. The van der Waals surface area contributed by atoms with Gasteiger partial charge in [0.15, 0.2) is 6.10 Å². The molecule has 6 nitrogen and oxygen atoms in total. The van der Waals surface area contributed by atoms with E-state index in [2.05, 4.69) is 34.6 Å². The molecule has 0 aliphatic carbocycles. The first kappa shape index (κ1) is 55.4. The van der Waals surface area contributed by atoms with Crippen molar-refractivity contribution in [2.24, 2.45) is 11.8 Å². The molecule has 0 spiro atoms. The van der Waals surface area contributed by atoms with Crippen LogP contribution in [0.4, 0.5) is 0 Å². The second-order valence-corrected chi connectivity index (χ2v) is 17.9. The lowest BCUT2D eigenvalue weighted by molar-refractivity contribution is -0.167. The van der Waals surface area contributed by atoms with Gasteiger partial charge < -0.3 is 14.2 Å². The van der Waals surface area contributed by atoms with Gasteiger partial charge in [0.2, 0.25) is 0 Å². The van der Waals surface area contributed by atoms with Crippen LogP contribution in [0.3, 0.4) is 0 Å². The Kier molecular flexibility index (Phi) is 42.7. The van der Waals surface area contributed by atoms with E-state index >= 15 is 0 Å². The molecule has 0 saturated carbocycles. The Hall–Kier alpha value is -1.59. The number of esters is 3. The summed E-state index contributed by atoms with van der Waals surface area (Å²) >= 11 is 0. The van der Waals surface area contributed by atoms with E-state index in [0.29, 0.717) is 19.3 Å². The van der Waals surface area contributed by atoms with E-state index in [1.165, 1.54) is 167 Å². The second-order valence-electron chi connectivity index (χ2n) is 17.9. The molecular weight excluding hydrogens is 709 g/mol. The molecule has 0 heterocycles. The number of carbonyl (C=O) groups excluding carboxylic acids is 3. The molecule has 0 aromatic heterocycles. The molecule has 0 bridgehead atoms. The molecule has 0 radical (unpaired) electrons. The summed E-state index contributed by atoms with van der Waals surface area (Å²) in [6.45, 7) is 11.4. The van der Waals surface area contributed by atoms with Crippen LogP contribution in [0.25, 0.3) is 0 Å². The minimum absolute atomic E-state index is 0.0641. The Morgan fingerprint density at radius 1 is 0.351 bits per heavy atom. The zero-order chi connectivity index (χ0) is 41.9. The molecular formula is C51H98O6. The third-order valence-electron chi connectivity index (χ3n) is 12.2. The van der Waals surface area contributed by atoms with Crippen LogP contribution in [0.5, 0.6) is 0 Å². The first-order chi connectivity index (χ1) is 27.8. The van der Waals surface area contributed by atoms with Gasteiger partial charge in [-0.15, -0.1) is 0 Å². The van der Waals surface area contributed by atoms with Gasteiger partial charge in [0.05, 0.1) is 0 Å². The van der Waals surface area contributed by atoms with Crippen molar-refractivity contribution < 1.29 is 28.6 Å². The molecule has 57 heavy (non-hydrogen) atoms. The molecule has 0 amide bonds. The molecule has 2 unspecified atom stereocenters. The lowest BCUT2D eigenvalue weighted by atomic mass is 9.99. The Balaban J connectivity index is 4.33. The number of ether oxygens (including phenoxy) is 3. The summed E-state index contributed by atoms with van der Waals surface area (Å²) in [6.07, 6.45) is 43.5. The highest BCUT2D eigenvalue weighted by Gasteiger charge is 2.19. The second kappa shape index (κ2) is 44.0. The van der Waals surface area contributed by atoms with Crippen molar-refractivity contribution in [3.63, 3.8) is 0 Å². The minimum Gasteiger partial charge on any atom is -0.462 e. The van der Waals surface area contributed by atoms with E-state index in [1.54, 1.807) is 0 Å². The summed E-state index contributed by atoms with van der Waals surface area (Å²) in [5.74, 6) is 0.886. The van der Waals surface area contributed by atoms with Crippen LogP contribution in [0.2, 0.25) is 0 Å². The number of carbonyl (C=O) groups is 3. The van der Waals surface area contributed by atoms with Crippen molar-refractivity contribution in [1.82, 2.24) is 0 Å². The zero-order valence-corrected chi connectivity index (χ0v) is 39.0. The molecule has 0 aromatic carbocycles.